The van der Waals surface area contributed by atoms with Crippen LogP contribution in [0.15, 0.2) is 18.2 Å². The number of benzene rings is 1. The molecule has 1 unspecified atom stereocenters. The van der Waals surface area contributed by atoms with E-state index in [2.05, 4.69) is 5.32 Å². The van der Waals surface area contributed by atoms with Gasteiger partial charge in [0.05, 0.1) is 17.7 Å². The number of ether oxygens (including phenoxy) is 2. The van der Waals surface area contributed by atoms with Crippen LogP contribution in [-0.4, -0.2) is 30.6 Å². The quantitative estimate of drug-likeness (QED) is 0.580. The fraction of sp³-hybridized carbons (Fsp3) is 0.381. The van der Waals surface area contributed by atoms with E-state index in [1.165, 1.54) is 36.5 Å². The Morgan fingerprint density at radius 2 is 1.77 bits per heavy atom. The summed E-state index contributed by atoms with van der Waals surface area (Å²) in [6.07, 6.45) is 2.57. The van der Waals surface area contributed by atoms with Crippen molar-refractivity contribution in [3.05, 3.63) is 49.8 Å². The number of esters is 2. The van der Waals surface area contributed by atoms with Crippen LogP contribution in [0.3, 0.4) is 0 Å². The van der Waals surface area contributed by atoms with Gasteiger partial charge in [-0.05, 0) is 63.3 Å². The third-order valence-corrected chi connectivity index (χ3v) is 6.28. The van der Waals surface area contributed by atoms with E-state index in [9.17, 15) is 14.4 Å². The van der Waals surface area contributed by atoms with Gasteiger partial charge in [-0.25, -0.2) is 9.59 Å². The predicted octanol–water partition coefficient (Wildman–Crippen LogP) is 5.29. The van der Waals surface area contributed by atoms with Crippen LogP contribution in [0, 0.1) is 0 Å². The van der Waals surface area contributed by atoms with Crippen LogP contribution >= 0.6 is 34.5 Å². The number of hydrogen-bond donors (Lipinski definition) is 1. The van der Waals surface area contributed by atoms with Crippen LogP contribution in [-0.2, 0) is 27.1 Å². The van der Waals surface area contributed by atoms with E-state index in [1.807, 2.05) is 0 Å². The first-order valence-corrected chi connectivity index (χ1v) is 11.2. The minimum atomic E-state index is -1.09. The summed E-state index contributed by atoms with van der Waals surface area (Å²) in [5, 5.41) is 3.74. The Balaban J connectivity index is 1.75. The normalized spacial score (nSPS) is 13.9. The van der Waals surface area contributed by atoms with Crippen LogP contribution in [0.25, 0.3) is 0 Å². The van der Waals surface area contributed by atoms with Crippen LogP contribution < -0.4 is 5.32 Å². The molecule has 1 heterocycles. The standard InChI is InChI=1S/C21H21Cl2NO5S/c1-3-28-21(27)17-15-6-4-5-7-16(15)30-19(17)24-18(25)11(2)29-20(26)12-8-13(22)10-14(23)9-12/h8-11H,3-7H2,1-2H3,(H,24,25). The lowest BCUT2D eigenvalue weighted by Crippen LogP contribution is -2.30. The van der Waals surface area contributed by atoms with E-state index in [0.29, 0.717) is 10.6 Å². The van der Waals surface area contributed by atoms with E-state index in [1.54, 1.807) is 6.92 Å². The van der Waals surface area contributed by atoms with E-state index in [4.69, 9.17) is 32.7 Å². The van der Waals surface area contributed by atoms with Gasteiger partial charge >= 0.3 is 11.9 Å². The topological polar surface area (TPSA) is 81.7 Å². The first-order valence-electron chi connectivity index (χ1n) is 9.59. The highest BCUT2D eigenvalue weighted by Gasteiger charge is 2.29. The molecule has 1 atom stereocenters. The molecule has 0 radical (unpaired) electrons. The second-order valence-electron chi connectivity index (χ2n) is 6.83. The van der Waals surface area contributed by atoms with Gasteiger partial charge in [-0.2, -0.15) is 0 Å². The number of nitrogens with one attached hydrogen (secondary N) is 1. The average Bonchev–Trinajstić information content (AvgIpc) is 3.05. The summed E-state index contributed by atoms with van der Waals surface area (Å²) in [6, 6.07) is 4.31. The summed E-state index contributed by atoms with van der Waals surface area (Å²) < 4.78 is 10.4. The highest BCUT2D eigenvalue weighted by atomic mass is 35.5. The number of halogens is 2. The minimum absolute atomic E-state index is 0.144. The van der Waals surface area contributed by atoms with Gasteiger partial charge in [0.25, 0.3) is 5.91 Å². The average molecular weight is 470 g/mol. The molecule has 6 nitrogen and oxygen atoms in total. The van der Waals surface area contributed by atoms with Crippen molar-refractivity contribution in [2.45, 2.75) is 45.6 Å². The summed E-state index contributed by atoms with van der Waals surface area (Å²) >= 11 is 13.2. The molecule has 0 bridgehead atoms. The molecule has 3 rings (SSSR count). The Morgan fingerprint density at radius 1 is 1.10 bits per heavy atom. The van der Waals surface area contributed by atoms with Gasteiger partial charge in [-0.1, -0.05) is 23.2 Å². The number of carbonyl (C=O) groups excluding carboxylic acids is 3. The molecule has 0 spiro atoms. The lowest BCUT2D eigenvalue weighted by atomic mass is 9.95. The highest BCUT2D eigenvalue weighted by molar-refractivity contribution is 7.17. The van der Waals surface area contributed by atoms with Gasteiger partial charge in [-0.3, -0.25) is 4.79 Å². The Morgan fingerprint density at radius 3 is 2.43 bits per heavy atom. The summed E-state index contributed by atoms with van der Waals surface area (Å²) in [6.45, 7) is 3.43. The fourth-order valence-electron chi connectivity index (χ4n) is 3.24. The van der Waals surface area contributed by atoms with Crippen molar-refractivity contribution < 1.29 is 23.9 Å². The second-order valence-corrected chi connectivity index (χ2v) is 8.81. The zero-order chi connectivity index (χ0) is 21.8. The van der Waals surface area contributed by atoms with Crippen molar-refractivity contribution in [2.75, 3.05) is 11.9 Å². The molecule has 1 amide bonds. The molecule has 2 aromatic rings. The molecule has 9 heteroatoms. The van der Waals surface area contributed by atoms with Crippen LogP contribution in [0.5, 0.6) is 0 Å². The van der Waals surface area contributed by atoms with Crippen molar-refractivity contribution >= 4 is 57.4 Å². The monoisotopic (exact) mass is 469 g/mol. The lowest BCUT2D eigenvalue weighted by Gasteiger charge is -2.14. The molecule has 160 valence electrons. The van der Waals surface area contributed by atoms with Gasteiger partial charge in [0.2, 0.25) is 0 Å². The predicted molar refractivity (Wildman–Crippen MR) is 117 cm³/mol. The van der Waals surface area contributed by atoms with Crippen molar-refractivity contribution in [3.8, 4) is 0 Å². The van der Waals surface area contributed by atoms with Gasteiger partial charge < -0.3 is 14.8 Å². The van der Waals surface area contributed by atoms with Crippen molar-refractivity contribution in [2.24, 2.45) is 0 Å². The zero-order valence-corrected chi connectivity index (χ0v) is 18.9. The molecule has 30 heavy (non-hydrogen) atoms. The van der Waals surface area contributed by atoms with Crippen molar-refractivity contribution in [1.29, 1.82) is 0 Å². The Hall–Kier alpha value is -2.09. The zero-order valence-electron chi connectivity index (χ0n) is 16.6. The third-order valence-electron chi connectivity index (χ3n) is 4.64. The number of fused-ring (bicyclic) bond motifs is 1. The molecular weight excluding hydrogens is 449 g/mol. The lowest BCUT2D eigenvalue weighted by molar-refractivity contribution is -0.123. The number of aryl methyl sites for hydroxylation is 1. The SMILES string of the molecule is CCOC(=O)c1c(NC(=O)C(C)OC(=O)c2cc(Cl)cc(Cl)c2)sc2c1CCCC2. The van der Waals surface area contributed by atoms with Crippen LogP contribution in [0.2, 0.25) is 10.0 Å². The Kier molecular flexibility index (Phi) is 7.39. The van der Waals surface area contributed by atoms with Gasteiger partial charge in [0.1, 0.15) is 5.00 Å². The van der Waals surface area contributed by atoms with Crippen LogP contribution in [0.1, 0.15) is 57.8 Å². The molecular formula is C21H21Cl2NO5S. The first kappa shape index (κ1) is 22.6. The van der Waals surface area contributed by atoms with E-state index in [-0.39, 0.29) is 22.2 Å². The highest BCUT2D eigenvalue weighted by Crippen LogP contribution is 2.38. The first-order chi connectivity index (χ1) is 14.3. The van der Waals surface area contributed by atoms with E-state index >= 15 is 0 Å². The van der Waals surface area contributed by atoms with Gasteiger partial charge in [0, 0.05) is 14.9 Å². The molecule has 0 saturated heterocycles. The molecule has 0 aliphatic heterocycles. The smallest absolute Gasteiger partial charge is 0.341 e. The molecule has 1 aromatic carbocycles. The number of rotatable bonds is 6. The molecule has 1 N–H and O–H groups in total. The Bertz CT molecular complexity index is 968. The number of anilines is 1. The maximum atomic E-state index is 12.7. The molecule has 1 aromatic heterocycles. The van der Waals surface area contributed by atoms with Gasteiger partial charge in [-0.15, -0.1) is 11.3 Å². The fourth-order valence-corrected chi connectivity index (χ4v) is 5.05. The number of thiophene rings is 1. The summed E-state index contributed by atoms with van der Waals surface area (Å²) in [7, 11) is 0. The third kappa shape index (κ3) is 5.14. The van der Waals surface area contributed by atoms with E-state index in [0.717, 1.165) is 36.1 Å². The second kappa shape index (κ2) is 9.81. The van der Waals surface area contributed by atoms with Crippen LogP contribution in [0.4, 0.5) is 5.00 Å². The largest absolute Gasteiger partial charge is 0.462 e. The molecule has 0 fully saturated rings. The number of hydrogen-bond acceptors (Lipinski definition) is 6. The van der Waals surface area contributed by atoms with Crippen molar-refractivity contribution in [1.82, 2.24) is 0 Å². The maximum Gasteiger partial charge on any atom is 0.341 e. The maximum absolute atomic E-state index is 12.7. The Labute approximate surface area is 188 Å². The summed E-state index contributed by atoms with van der Waals surface area (Å²) in [4.78, 5) is 38.6. The molecule has 1 aliphatic carbocycles. The van der Waals surface area contributed by atoms with E-state index < -0.39 is 23.9 Å². The van der Waals surface area contributed by atoms with Gasteiger partial charge in [0.15, 0.2) is 6.10 Å². The molecule has 1 aliphatic rings. The summed E-state index contributed by atoms with van der Waals surface area (Å²) in [5.74, 6) is -1.72. The molecule has 0 saturated carbocycles. The number of carbonyl (C=O) groups is 3. The van der Waals surface area contributed by atoms with Crippen molar-refractivity contribution in [3.63, 3.8) is 0 Å². The summed E-state index contributed by atoms with van der Waals surface area (Å²) in [5.41, 5.74) is 1.49. The minimum Gasteiger partial charge on any atom is -0.462 e. The number of amides is 1.